The zero-order chi connectivity index (χ0) is 18.6. The lowest BCUT2D eigenvalue weighted by Gasteiger charge is -2.23. The molecule has 6 nitrogen and oxygen atoms in total. The van der Waals surface area contributed by atoms with Crippen molar-refractivity contribution in [2.45, 2.75) is 26.4 Å². The molecule has 0 saturated heterocycles. The first-order chi connectivity index (χ1) is 11.8. The second kappa shape index (κ2) is 8.09. The third-order valence-corrected chi connectivity index (χ3v) is 4.23. The molecule has 0 saturated carbocycles. The zero-order valence-electron chi connectivity index (χ0n) is 14.0. The van der Waals surface area contributed by atoms with Gasteiger partial charge in [-0.3, -0.25) is 14.9 Å². The molecule has 0 bridgehead atoms. The minimum atomic E-state index is -0.691. The lowest BCUT2D eigenvalue weighted by atomic mass is 9.95. The fourth-order valence-electron chi connectivity index (χ4n) is 2.67. The third kappa shape index (κ3) is 4.78. The summed E-state index contributed by atoms with van der Waals surface area (Å²) in [5.74, 6) is -0.422. The molecule has 3 N–H and O–H groups in total. The van der Waals surface area contributed by atoms with E-state index in [9.17, 15) is 14.9 Å². The molecule has 2 rings (SSSR count). The molecule has 7 heteroatoms. The number of halogens is 1. The molecular weight excluding hydrogens is 342 g/mol. The molecule has 25 heavy (non-hydrogen) atoms. The Balaban J connectivity index is 2.24. The number of primary amides is 1. The number of hydrogen-bond acceptors (Lipinski definition) is 4. The standard InChI is InChI=1S/C18H20ClN3O3/c1-11(2)17(12-5-7-15(19)8-6-12)21-10-14-4-3-13(18(20)23)9-16(14)22(24)25/h3-9,11,17,21H,10H2,1-2H3,(H2,20,23). The molecule has 2 aromatic carbocycles. The molecule has 1 atom stereocenters. The van der Waals surface area contributed by atoms with E-state index >= 15 is 0 Å². The second-order valence-corrected chi connectivity index (χ2v) is 6.56. The molecule has 0 radical (unpaired) electrons. The summed E-state index contributed by atoms with van der Waals surface area (Å²) in [6.45, 7) is 4.43. The van der Waals surface area contributed by atoms with Crippen LogP contribution in [0.4, 0.5) is 5.69 Å². The summed E-state index contributed by atoms with van der Waals surface area (Å²) in [4.78, 5) is 22.0. The number of nitro groups is 1. The molecule has 132 valence electrons. The van der Waals surface area contributed by atoms with Gasteiger partial charge in [0.25, 0.3) is 5.69 Å². The fraction of sp³-hybridized carbons (Fsp3) is 0.278. The van der Waals surface area contributed by atoms with E-state index in [-0.39, 0.29) is 23.2 Å². The van der Waals surface area contributed by atoms with Crippen LogP contribution < -0.4 is 11.1 Å². The number of nitrogens with one attached hydrogen (secondary N) is 1. The molecule has 0 fully saturated rings. The summed E-state index contributed by atoms with van der Waals surface area (Å²) < 4.78 is 0. The maximum absolute atomic E-state index is 11.3. The minimum absolute atomic E-state index is 0.00712. The summed E-state index contributed by atoms with van der Waals surface area (Å²) in [6, 6.07) is 11.8. The first kappa shape index (κ1) is 18.9. The van der Waals surface area contributed by atoms with Crippen molar-refractivity contribution in [2.24, 2.45) is 11.7 Å². The molecule has 0 aliphatic rings. The maximum atomic E-state index is 11.3. The van der Waals surface area contributed by atoms with E-state index in [0.717, 1.165) is 5.56 Å². The van der Waals surface area contributed by atoms with Crippen molar-refractivity contribution in [1.29, 1.82) is 0 Å². The Hall–Kier alpha value is -2.44. The van der Waals surface area contributed by atoms with Crippen LogP contribution in [0.25, 0.3) is 0 Å². The van der Waals surface area contributed by atoms with Crippen LogP contribution in [0.5, 0.6) is 0 Å². The number of nitrogens with two attached hydrogens (primary N) is 1. The smallest absolute Gasteiger partial charge is 0.274 e. The van der Waals surface area contributed by atoms with Crippen molar-refractivity contribution >= 4 is 23.2 Å². The van der Waals surface area contributed by atoms with Crippen LogP contribution in [0, 0.1) is 16.0 Å². The molecule has 0 spiro atoms. The molecule has 0 heterocycles. The Bertz CT molecular complexity index is 776. The van der Waals surface area contributed by atoms with E-state index in [0.29, 0.717) is 17.1 Å². The summed E-state index contributed by atoms with van der Waals surface area (Å²) in [6.07, 6.45) is 0. The van der Waals surface area contributed by atoms with E-state index in [4.69, 9.17) is 17.3 Å². The summed E-state index contributed by atoms with van der Waals surface area (Å²) in [5, 5.41) is 15.3. The van der Waals surface area contributed by atoms with Crippen molar-refractivity contribution in [3.05, 3.63) is 74.3 Å². The molecule has 1 unspecified atom stereocenters. The lowest BCUT2D eigenvalue weighted by molar-refractivity contribution is -0.385. The highest BCUT2D eigenvalue weighted by Gasteiger charge is 2.20. The summed E-state index contributed by atoms with van der Waals surface area (Å²) in [7, 11) is 0. The van der Waals surface area contributed by atoms with Gasteiger partial charge in [-0.25, -0.2) is 0 Å². The molecule has 0 aliphatic heterocycles. The molecule has 0 aliphatic carbocycles. The Kier molecular flexibility index (Phi) is 6.12. The number of carbonyl (C=O) groups is 1. The van der Waals surface area contributed by atoms with Gasteiger partial charge in [-0.05, 0) is 29.7 Å². The van der Waals surface area contributed by atoms with Gasteiger partial charge >= 0.3 is 0 Å². The predicted molar refractivity (Wildman–Crippen MR) is 97.5 cm³/mol. The first-order valence-corrected chi connectivity index (χ1v) is 8.23. The third-order valence-electron chi connectivity index (χ3n) is 3.97. The van der Waals surface area contributed by atoms with Crippen LogP contribution in [0.3, 0.4) is 0 Å². The van der Waals surface area contributed by atoms with Gasteiger partial charge in [-0.2, -0.15) is 0 Å². The van der Waals surface area contributed by atoms with Crippen LogP contribution in [-0.2, 0) is 6.54 Å². The highest BCUT2D eigenvalue weighted by Crippen LogP contribution is 2.26. The lowest BCUT2D eigenvalue weighted by Crippen LogP contribution is -2.25. The summed E-state index contributed by atoms with van der Waals surface area (Å²) in [5.41, 5.74) is 6.74. The van der Waals surface area contributed by atoms with E-state index in [1.165, 1.54) is 12.1 Å². The number of benzene rings is 2. The quantitative estimate of drug-likeness (QED) is 0.578. The summed E-state index contributed by atoms with van der Waals surface area (Å²) >= 11 is 5.93. The Morgan fingerprint density at radius 3 is 2.40 bits per heavy atom. The van der Waals surface area contributed by atoms with Crippen LogP contribution in [0.1, 0.15) is 41.4 Å². The highest BCUT2D eigenvalue weighted by atomic mass is 35.5. The van der Waals surface area contributed by atoms with Gasteiger partial charge < -0.3 is 11.1 Å². The van der Waals surface area contributed by atoms with Gasteiger partial charge in [0.2, 0.25) is 5.91 Å². The number of hydrogen-bond donors (Lipinski definition) is 2. The van der Waals surface area contributed by atoms with Crippen molar-refractivity contribution in [3.63, 3.8) is 0 Å². The SMILES string of the molecule is CC(C)C(NCc1ccc(C(N)=O)cc1[N+](=O)[O-])c1ccc(Cl)cc1. The second-order valence-electron chi connectivity index (χ2n) is 6.12. The maximum Gasteiger partial charge on any atom is 0.274 e. The van der Waals surface area contributed by atoms with Crippen LogP contribution >= 0.6 is 11.6 Å². The number of amides is 1. The number of nitro benzene ring substituents is 1. The Labute approximate surface area is 151 Å². The van der Waals surface area contributed by atoms with Crippen LogP contribution in [-0.4, -0.2) is 10.8 Å². The fourth-order valence-corrected chi connectivity index (χ4v) is 2.79. The van der Waals surface area contributed by atoms with Gasteiger partial charge in [0, 0.05) is 34.8 Å². The number of carbonyl (C=O) groups excluding carboxylic acids is 1. The minimum Gasteiger partial charge on any atom is -0.366 e. The number of nitrogens with zero attached hydrogens (tertiary/aromatic N) is 1. The highest BCUT2D eigenvalue weighted by molar-refractivity contribution is 6.30. The van der Waals surface area contributed by atoms with Crippen LogP contribution in [0.2, 0.25) is 5.02 Å². The van der Waals surface area contributed by atoms with Gasteiger partial charge in [-0.15, -0.1) is 0 Å². The van der Waals surface area contributed by atoms with Gasteiger partial charge in [0.15, 0.2) is 0 Å². The Morgan fingerprint density at radius 1 is 1.24 bits per heavy atom. The van der Waals surface area contributed by atoms with E-state index in [1.54, 1.807) is 6.07 Å². The molecule has 0 aromatic heterocycles. The van der Waals surface area contributed by atoms with E-state index < -0.39 is 10.8 Å². The van der Waals surface area contributed by atoms with E-state index in [1.807, 2.05) is 24.3 Å². The van der Waals surface area contributed by atoms with Crippen molar-refractivity contribution < 1.29 is 9.72 Å². The zero-order valence-corrected chi connectivity index (χ0v) is 14.8. The van der Waals surface area contributed by atoms with Crippen molar-refractivity contribution in [1.82, 2.24) is 5.32 Å². The van der Waals surface area contributed by atoms with Gasteiger partial charge in [0.1, 0.15) is 0 Å². The topological polar surface area (TPSA) is 98.3 Å². The van der Waals surface area contributed by atoms with E-state index in [2.05, 4.69) is 19.2 Å². The average Bonchev–Trinajstić information content (AvgIpc) is 2.56. The predicted octanol–water partition coefficient (Wildman–Crippen LogP) is 3.83. The average molecular weight is 362 g/mol. The van der Waals surface area contributed by atoms with Gasteiger partial charge in [0.05, 0.1) is 4.92 Å². The molecule has 1 amide bonds. The molecular formula is C18H20ClN3O3. The monoisotopic (exact) mass is 361 g/mol. The number of rotatable bonds is 7. The van der Waals surface area contributed by atoms with Crippen molar-refractivity contribution in [3.8, 4) is 0 Å². The largest absolute Gasteiger partial charge is 0.366 e. The van der Waals surface area contributed by atoms with Crippen LogP contribution in [0.15, 0.2) is 42.5 Å². The normalized spacial score (nSPS) is 12.2. The molecule has 2 aromatic rings. The van der Waals surface area contributed by atoms with Gasteiger partial charge in [-0.1, -0.05) is 43.6 Å². The van der Waals surface area contributed by atoms with Crippen molar-refractivity contribution in [2.75, 3.05) is 0 Å². The Morgan fingerprint density at radius 2 is 1.88 bits per heavy atom. The first-order valence-electron chi connectivity index (χ1n) is 7.85.